The van der Waals surface area contributed by atoms with Crippen molar-refractivity contribution in [2.24, 2.45) is 16.9 Å². The number of aliphatic hydroxyl groups is 7. The van der Waals surface area contributed by atoms with Crippen molar-refractivity contribution in [3.05, 3.63) is 18.4 Å². The molecule has 6 unspecified atom stereocenters. The molecule has 3 amide bonds. The van der Waals surface area contributed by atoms with Crippen molar-refractivity contribution in [3.63, 3.8) is 0 Å². The number of carbonyl (C=O) groups is 3. The predicted molar refractivity (Wildman–Crippen MR) is 152 cm³/mol. The number of primary amides is 2. The molecule has 13 nitrogen and oxygen atoms in total. The highest BCUT2D eigenvalue weighted by Gasteiger charge is 2.64. The lowest BCUT2D eigenvalue weighted by atomic mass is 9.62. The van der Waals surface area contributed by atoms with Crippen LogP contribution in [0.4, 0.5) is 0 Å². The van der Waals surface area contributed by atoms with E-state index in [1.807, 2.05) is 0 Å². The molecule has 1 aliphatic rings. The molecule has 206 valence electrons. The number of hydrogen-bond donors (Lipinski definition) is 9. The Morgan fingerprint density at radius 3 is 1.78 bits per heavy atom. The maximum atomic E-state index is 13.3. The summed E-state index contributed by atoms with van der Waals surface area (Å²) >= 11 is 5.08. The molecule has 0 aliphatic heterocycles. The van der Waals surface area contributed by atoms with Crippen LogP contribution in [-0.2, 0) is 14.4 Å². The van der Waals surface area contributed by atoms with Gasteiger partial charge in [0.2, 0.25) is 11.8 Å². The molecule has 16 heteroatoms. The second kappa shape index (κ2) is 13.7. The Labute approximate surface area is 248 Å². The van der Waals surface area contributed by atoms with Crippen molar-refractivity contribution in [1.82, 2.24) is 4.90 Å². The van der Waals surface area contributed by atoms with E-state index in [0.29, 0.717) is 0 Å². The summed E-state index contributed by atoms with van der Waals surface area (Å²) in [5.41, 5.74) is 9.11. The van der Waals surface area contributed by atoms with E-state index in [-0.39, 0.29) is 18.4 Å². The molecule has 0 saturated heterocycles. The van der Waals surface area contributed by atoms with Crippen molar-refractivity contribution in [1.29, 1.82) is 0 Å². The zero-order chi connectivity index (χ0) is 28.2. The van der Waals surface area contributed by atoms with Gasteiger partial charge in [0.15, 0.2) is 0 Å². The van der Waals surface area contributed by atoms with Crippen molar-refractivity contribution in [3.8, 4) is 0 Å². The van der Waals surface area contributed by atoms with Crippen LogP contribution < -0.4 is 11.5 Å². The van der Waals surface area contributed by atoms with Crippen LogP contribution in [0.3, 0.4) is 0 Å². The average molecular weight is 853 g/mol. The summed E-state index contributed by atoms with van der Waals surface area (Å²) in [6.45, 7) is -1.74. The number of amides is 3. The van der Waals surface area contributed by atoms with E-state index >= 15 is 0 Å². The minimum atomic E-state index is -2.08. The zero-order valence-corrected chi connectivity index (χ0v) is 25.6. The molecule has 1 aliphatic carbocycles. The van der Waals surface area contributed by atoms with Crippen molar-refractivity contribution >= 4 is 85.5 Å². The Bertz CT molecular complexity index is 931. The number of halogens is 3. The van der Waals surface area contributed by atoms with Gasteiger partial charge < -0.3 is 52.1 Å². The number of alkyl halides is 1. The molecule has 0 saturated carbocycles. The van der Waals surface area contributed by atoms with Crippen LogP contribution in [-0.4, -0.2) is 113 Å². The van der Waals surface area contributed by atoms with Gasteiger partial charge in [-0.15, -0.1) is 0 Å². The monoisotopic (exact) mass is 853 g/mol. The molecule has 0 bridgehead atoms. The summed E-state index contributed by atoms with van der Waals surface area (Å²) in [7, 11) is 0. The van der Waals surface area contributed by atoms with Gasteiger partial charge in [-0.3, -0.25) is 14.4 Å². The molecular formula is C20H30I3N3O10. The molecule has 0 aromatic heterocycles. The van der Waals surface area contributed by atoms with Gasteiger partial charge in [-0.05, 0) is 64.9 Å². The third-order valence-corrected chi connectivity index (χ3v) is 10.1. The fourth-order valence-corrected chi connectivity index (χ4v) is 10.2. The van der Waals surface area contributed by atoms with Gasteiger partial charge in [0.05, 0.1) is 53.8 Å². The third-order valence-electron chi connectivity index (χ3n) is 5.73. The lowest BCUT2D eigenvalue weighted by Gasteiger charge is -2.51. The van der Waals surface area contributed by atoms with Gasteiger partial charge in [-0.1, -0.05) is 22.6 Å². The first-order valence-electron chi connectivity index (χ1n) is 10.5. The number of nitrogens with zero attached hydrogens (tertiary/aromatic N) is 1. The zero-order valence-electron chi connectivity index (χ0n) is 19.1. The quantitative estimate of drug-likeness (QED) is 0.0698. The summed E-state index contributed by atoms with van der Waals surface area (Å²) < 4.78 is -1.79. The molecule has 6 atom stereocenters. The van der Waals surface area contributed by atoms with Crippen LogP contribution in [0, 0.1) is 5.41 Å². The van der Waals surface area contributed by atoms with Gasteiger partial charge >= 0.3 is 0 Å². The molecule has 11 N–H and O–H groups in total. The van der Waals surface area contributed by atoms with Gasteiger partial charge in [0, 0.05) is 12.7 Å². The van der Waals surface area contributed by atoms with Crippen LogP contribution in [0.25, 0.3) is 0 Å². The van der Waals surface area contributed by atoms with Crippen LogP contribution in [0.15, 0.2) is 18.4 Å². The molecule has 0 aromatic rings. The standard InChI is InChI=1S/C20H30I3N3O10/c1-8(30)17(35)26(4-11(33)7-29)14-13(21)12(16(24)34)20(23,3-10(32)6-28)19(15(14)22,18(25)36)2-9(31)5-27/h8-11,27-33H,2-7H2,1H3,(H2,24,34)(H2,25,36). The third kappa shape index (κ3) is 6.50. The minimum absolute atomic E-state index is 0.0125. The molecule has 1 rings (SSSR count). The Hall–Kier alpha value is -0.200. The Morgan fingerprint density at radius 2 is 1.39 bits per heavy atom. The van der Waals surface area contributed by atoms with Crippen LogP contribution >= 0.6 is 67.8 Å². The van der Waals surface area contributed by atoms with Crippen molar-refractivity contribution in [2.75, 3.05) is 26.4 Å². The van der Waals surface area contributed by atoms with Gasteiger partial charge in [-0.2, -0.15) is 0 Å². The molecule has 0 aromatic carbocycles. The topological polar surface area (TPSA) is 248 Å². The first kappa shape index (κ1) is 33.8. The molecule has 0 heterocycles. The van der Waals surface area contributed by atoms with E-state index < -0.39 is 90.2 Å². The average Bonchev–Trinajstić information content (AvgIpc) is 2.79. The van der Waals surface area contributed by atoms with E-state index in [1.165, 1.54) is 0 Å². The number of rotatable bonds is 13. The minimum Gasteiger partial charge on any atom is -0.394 e. The first-order valence-corrected chi connectivity index (χ1v) is 13.8. The van der Waals surface area contributed by atoms with E-state index in [2.05, 4.69) is 0 Å². The summed E-state index contributed by atoms with van der Waals surface area (Å²) in [5, 5.41) is 69.5. The number of carbonyl (C=O) groups excluding carboxylic acids is 3. The maximum Gasteiger partial charge on any atom is 0.255 e. The predicted octanol–water partition coefficient (Wildman–Crippen LogP) is -2.48. The summed E-state index contributed by atoms with van der Waals surface area (Å²) in [4.78, 5) is 40.0. The maximum absolute atomic E-state index is 13.3. The fourth-order valence-electron chi connectivity index (χ4n) is 4.04. The van der Waals surface area contributed by atoms with Crippen molar-refractivity contribution < 1.29 is 50.1 Å². The molecule has 0 fully saturated rings. The SMILES string of the molecule is CC(O)C(=O)N(CC(O)CO)C1=C(I)C(CC(O)CO)(C(N)=O)C(I)(CC(O)CO)C(C(N)=O)=C1I. The van der Waals surface area contributed by atoms with Gasteiger partial charge in [0.25, 0.3) is 5.91 Å². The van der Waals surface area contributed by atoms with E-state index in [1.54, 1.807) is 67.8 Å². The summed E-state index contributed by atoms with van der Waals surface area (Å²) in [5.74, 6) is -3.13. The first-order chi connectivity index (χ1) is 16.6. The number of allylic oxidation sites excluding steroid dienone is 1. The van der Waals surface area contributed by atoms with Crippen LogP contribution in [0.1, 0.15) is 19.8 Å². The van der Waals surface area contributed by atoms with Crippen LogP contribution in [0.5, 0.6) is 0 Å². The number of hydrogen-bond acceptors (Lipinski definition) is 10. The Balaban J connectivity index is 4.29. The second-order valence-electron chi connectivity index (χ2n) is 8.33. The van der Waals surface area contributed by atoms with Crippen molar-refractivity contribution in [2.45, 2.75) is 47.6 Å². The summed E-state index contributed by atoms with van der Waals surface area (Å²) in [6.07, 6.45) is -7.15. The second-order valence-corrected chi connectivity index (χ2v) is 12.3. The largest absolute Gasteiger partial charge is 0.394 e. The normalized spacial score (nSPS) is 25.9. The van der Waals surface area contributed by atoms with E-state index in [0.717, 1.165) is 11.8 Å². The molecule has 0 radical (unpaired) electrons. The molecule has 36 heavy (non-hydrogen) atoms. The fraction of sp³-hybridized carbons (Fsp3) is 0.650. The lowest BCUT2D eigenvalue weighted by molar-refractivity contribution is -0.139. The van der Waals surface area contributed by atoms with E-state index in [9.17, 15) is 50.1 Å². The molecular weight excluding hydrogens is 823 g/mol. The molecule has 0 spiro atoms. The highest BCUT2D eigenvalue weighted by Crippen LogP contribution is 2.62. The number of aliphatic hydroxyl groups excluding tert-OH is 7. The van der Waals surface area contributed by atoms with Gasteiger partial charge in [0.1, 0.15) is 11.5 Å². The van der Waals surface area contributed by atoms with Crippen LogP contribution in [0.2, 0.25) is 0 Å². The highest BCUT2D eigenvalue weighted by atomic mass is 127. The Kier molecular flexibility index (Phi) is 12.9. The van der Waals surface area contributed by atoms with Gasteiger partial charge in [-0.25, -0.2) is 0 Å². The number of nitrogens with two attached hydrogens (primary N) is 2. The summed E-state index contributed by atoms with van der Waals surface area (Å²) in [6, 6.07) is 0. The highest BCUT2D eigenvalue weighted by molar-refractivity contribution is 14.1. The smallest absolute Gasteiger partial charge is 0.255 e. The lowest BCUT2D eigenvalue weighted by Crippen LogP contribution is -2.61. The van der Waals surface area contributed by atoms with E-state index in [4.69, 9.17) is 11.5 Å². The Morgan fingerprint density at radius 1 is 0.917 bits per heavy atom.